The van der Waals surface area contributed by atoms with E-state index in [1.54, 1.807) is 12.1 Å². The van der Waals surface area contributed by atoms with Crippen molar-refractivity contribution in [2.75, 3.05) is 54.9 Å². The lowest BCUT2D eigenvalue weighted by atomic mass is 9.81. The van der Waals surface area contributed by atoms with Gasteiger partial charge in [0.1, 0.15) is 48.9 Å². The minimum absolute atomic E-state index is 0.00355. The smallest absolute Gasteiger partial charge is 0.390 e. The SMILES string of the molecule is CCN1\C(=C/C=C/C=C/C2=[N+](CCCCCC(=O)NC(CSSCCC(O)NCC#Cc3cn([C@H]4C[C@@H](O)[C@@H](COP(=O)(O)OP(=O)(O)OP(=O)(O)O)O4)c4ncnc(N)c34)C(=O)NCCCCC(O)(P(=O)(O)O)P(=O)(O)O)c3ccc(S(=O)(=O)O)cc3C2(C)C)C(C)(C)c2cc(S(=O)(=O)O)ccc21. The largest absolute Gasteiger partial charge is 0.490 e. The number of phosphoric acid groups is 3. The first kappa shape index (κ1) is 86.3. The molecule has 37 nitrogen and oxygen atoms in total. The number of amides is 2. The van der Waals surface area contributed by atoms with Gasteiger partial charge in [0.25, 0.3) is 25.3 Å². The van der Waals surface area contributed by atoms with E-state index in [4.69, 9.17) is 20.3 Å². The molecule has 4 unspecified atom stereocenters. The van der Waals surface area contributed by atoms with Crippen LogP contribution in [0.5, 0.6) is 0 Å². The molecule has 46 heteroatoms. The fraction of sp³-hybridized carbons (Fsp3) is 0.500. The summed E-state index contributed by atoms with van der Waals surface area (Å²) in [7, 11) is -35.1. The summed E-state index contributed by atoms with van der Waals surface area (Å²) in [5.41, 5.74) is 9.70. The summed E-state index contributed by atoms with van der Waals surface area (Å²) in [5.74, 6) is 4.83. The van der Waals surface area contributed by atoms with E-state index in [0.717, 1.165) is 29.0 Å². The van der Waals surface area contributed by atoms with E-state index in [1.807, 2.05) is 69.6 Å². The second kappa shape index (κ2) is 34.8. The first-order valence-corrected chi connectivity index (χ1v) is 44.7. The first-order chi connectivity index (χ1) is 48.1. The van der Waals surface area contributed by atoms with Gasteiger partial charge in [-0.1, -0.05) is 65.5 Å². The number of nitrogen functional groups attached to an aromatic ring is 1. The molecule has 1 saturated heterocycles. The first-order valence-electron chi connectivity index (χ1n) is 31.6. The molecule has 18 N–H and O–H groups in total. The summed E-state index contributed by atoms with van der Waals surface area (Å²) in [6.07, 6.45) is 6.75. The quantitative estimate of drug-likeness (QED) is 0.00423. The Balaban J connectivity index is 0.950. The number of fused-ring (bicyclic) bond motifs is 3. The van der Waals surface area contributed by atoms with Crippen molar-refractivity contribution in [3.05, 3.63) is 102 Å². The van der Waals surface area contributed by atoms with Gasteiger partial charge in [0.15, 0.2) is 5.71 Å². The third-order valence-electron chi connectivity index (χ3n) is 16.9. The highest BCUT2D eigenvalue weighted by molar-refractivity contribution is 8.76. The van der Waals surface area contributed by atoms with Crippen LogP contribution in [0.25, 0.3) is 11.0 Å². The predicted molar refractivity (Wildman–Crippen MR) is 381 cm³/mol. The maximum atomic E-state index is 13.7. The second-order valence-corrected chi connectivity index (χ2v) is 38.9. The average Bonchev–Trinajstić information content (AvgIpc) is 1.61. The molecule has 4 aromatic rings. The molecule has 0 saturated carbocycles. The number of hydrogen-bond donors (Lipinski definition) is 17. The number of nitrogens with zero attached hydrogens (tertiary/aromatic N) is 5. The number of ether oxygens (including phenoxy) is 1. The monoisotopic (exact) mass is 1640 g/mol. The summed E-state index contributed by atoms with van der Waals surface area (Å²) >= 11 is 0. The number of benzene rings is 2. The van der Waals surface area contributed by atoms with Gasteiger partial charge in [-0.15, -0.1) is 0 Å². The number of hydrogen-bond acceptors (Lipinski definition) is 25. The Morgan fingerprint density at radius 2 is 1.53 bits per heavy atom. The fourth-order valence-electron chi connectivity index (χ4n) is 11.7. The molecule has 3 aliphatic rings. The maximum Gasteiger partial charge on any atom is 0.490 e. The van der Waals surface area contributed by atoms with E-state index >= 15 is 0 Å². The van der Waals surface area contributed by atoms with E-state index in [0.29, 0.717) is 43.6 Å². The Morgan fingerprint density at radius 3 is 2.17 bits per heavy atom. The van der Waals surface area contributed by atoms with Crippen LogP contribution in [-0.4, -0.2) is 191 Å². The Kier molecular flexibility index (Phi) is 28.8. The van der Waals surface area contributed by atoms with Crippen LogP contribution in [0, 0.1) is 11.8 Å². The number of anilines is 2. The van der Waals surface area contributed by atoms with Crippen LogP contribution in [0.1, 0.15) is 115 Å². The van der Waals surface area contributed by atoms with Crippen LogP contribution >= 0.6 is 60.2 Å². The average molecular weight is 1640 g/mol. The summed E-state index contributed by atoms with van der Waals surface area (Å²) < 4.78 is 149. The number of nitrogens with one attached hydrogen (secondary N) is 3. The number of unbranched alkanes of at least 4 members (excludes halogenated alkanes) is 3. The number of allylic oxidation sites excluding steroid dienone is 6. The zero-order valence-corrected chi connectivity index (χ0v) is 64.1. The Bertz CT molecular complexity index is 4530. The van der Waals surface area contributed by atoms with Gasteiger partial charge in [0.2, 0.25) is 17.5 Å². The lowest BCUT2D eigenvalue weighted by Gasteiger charge is -2.29. The van der Waals surface area contributed by atoms with Crippen molar-refractivity contribution >= 4 is 126 Å². The highest BCUT2D eigenvalue weighted by Gasteiger charge is 2.59. The summed E-state index contributed by atoms with van der Waals surface area (Å²) in [4.78, 5) is 112. The number of nitrogens with two attached hydrogens (primary N) is 1. The number of likely N-dealkylation sites (N-methyl/N-ethyl adjacent to an activating group) is 1. The second-order valence-electron chi connectivity index (χ2n) is 25.0. The molecule has 0 spiro atoms. The van der Waals surface area contributed by atoms with Gasteiger partial charge >= 0.3 is 38.7 Å². The molecule has 1 fully saturated rings. The number of carbonyl (C=O) groups excluding carboxylic acids is 2. The number of aliphatic hydroxyl groups excluding tert-OH is 2. The summed E-state index contributed by atoms with van der Waals surface area (Å²) in [6.45, 7) is 9.42. The van der Waals surface area contributed by atoms with Gasteiger partial charge in [-0.05, 0) is 101 Å². The minimum Gasteiger partial charge on any atom is -0.390 e. The molecule has 0 radical (unpaired) electrons. The van der Waals surface area contributed by atoms with E-state index in [-0.39, 0.29) is 88.9 Å². The Hall–Kier alpha value is -4.92. The predicted octanol–water partition coefficient (Wildman–Crippen LogP) is 4.75. The molecule has 5 heterocycles. The Morgan fingerprint density at radius 1 is 0.865 bits per heavy atom. The van der Waals surface area contributed by atoms with Crippen molar-refractivity contribution in [2.24, 2.45) is 0 Å². The highest BCUT2D eigenvalue weighted by atomic mass is 33.1. The molecular formula is C58H83N9O28P5S4+. The Labute approximate surface area is 605 Å². The van der Waals surface area contributed by atoms with E-state index in [1.165, 1.54) is 56.6 Å². The molecular weight excluding hydrogens is 1550 g/mol. The summed E-state index contributed by atoms with van der Waals surface area (Å²) in [5, 5.41) is 36.6. The van der Waals surface area contributed by atoms with Crippen molar-refractivity contribution in [1.29, 1.82) is 0 Å². The normalized spacial score (nSPS) is 20.0. The molecule has 2 aromatic carbocycles. The van der Waals surface area contributed by atoms with Gasteiger partial charge in [0, 0.05) is 84.6 Å². The van der Waals surface area contributed by atoms with Gasteiger partial charge < -0.3 is 85.0 Å². The van der Waals surface area contributed by atoms with E-state index in [2.05, 4.69) is 55.8 Å². The van der Waals surface area contributed by atoms with E-state index in [9.17, 15) is 103 Å². The lowest BCUT2D eigenvalue weighted by molar-refractivity contribution is -0.438. The van der Waals surface area contributed by atoms with Crippen molar-refractivity contribution < 1.29 is 135 Å². The van der Waals surface area contributed by atoms with Crippen LogP contribution in [0.4, 0.5) is 17.2 Å². The van der Waals surface area contributed by atoms with Crippen molar-refractivity contribution in [3.8, 4) is 11.8 Å². The zero-order valence-electron chi connectivity index (χ0n) is 56.3. The third kappa shape index (κ3) is 22.2. The van der Waals surface area contributed by atoms with Crippen LogP contribution in [0.2, 0.25) is 0 Å². The molecule has 104 heavy (non-hydrogen) atoms. The van der Waals surface area contributed by atoms with Crippen LogP contribution in [-0.2, 0) is 81.4 Å². The minimum atomic E-state index is -5.82. The molecule has 576 valence electrons. The van der Waals surface area contributed by atoms with Gasteiger partial charge in [0.05, 0.1) is 45.4 Å². The van der Waals surface area contributed by atoms with Gasteiger partial charge in [-0.2, -0.15) is 30.0 Å². The third-order valence-corrected chi connectivity index (χ3v) is 28.7. The summed E-state index contributed by atoms with van der Waals surface area (Å²) in [6, 6.07) is 7.66. The van der Waals surface area contributed by atoms with E-state index < -0.39 is 130 Å². The topological polar surface area (TPSA) is 587 Å². The molecule has 2 aromatic heterocycles. The van der Waals surface area contributed by atoms with Crippen LogP contribution in [0.3, 0.4) is 0 Å². The molecule has 7 atom stereocenters. The molecule has 0 aliphatic carbocycles. The number of aromatic nitrogens is 3. The highest BCUT2D eigenvalue weighted by Crippen LogP contribution is 2.69. The molecule has 2 amide bonds. The van der Waals surface area contributed by atoms with Gasteiger partial charge in [-0.3, -0.25) is 37.7 Å². The van der Waals surface area contributed by atoms with Crippen molar-refractivity contribution in [1.82, 2.24) is 30.5 Å². The number of phosphoric ester groups is 1. The van der Waals surface area contributed by atoms with Crippen LogP contribution in [0.15, 0.2) is 94.8 Å². The lowest BCUT2D eigenvalue weighted by Crippen LogP contribution is -2.48. The van der Waals surface area contributed by atoms with Crippen molar-refractivity contribution in [2.45, 2.75) is 149 Å². The molecule has 0 bridgehead atoms. The number of aliphatic hydroxyl groups is 3. The number of carbonyl (C=O) groups is 2. The maximum absolute atomic E-state index is 13.7. The van der Waals surface area contributed by atoms with Crippen LogP contribution < -0.4 is 26.6 Å². The van der Waals surface area contributed by atoms with Crippen molar-refractivity contribution in [3.63, 3.8) is 0 Å². The molecule has 7 rings (SSSR count). The van der Waals surface area contributed by atoms with Gasteiger partial charge in [-0.25, -0.2) is 23.7 Å². The zero-order chi connectivity index (χ0) is 77.4. The number of rotatable bonds is 37. The molecule has 3 aliphatic heterocycles. The fourth-order valence-corrected chi connectivity index (χ4v) is 20.3. The standard InChI is InChI=1S/C58H82N9O28P5S4/c1-6-65-43-22-20-38(103(86,87)88)30-40(43)56(2,3)47(65)17-9-7-10-18-48-57(4,5)41-31-39(104(89,90)91)21-23-44(41)66(48)28-14-8-11-19-50(70)64-42(55(71)61-26-13-12-25-58(72,96(73,74)75)97(76,77)78)35-102-101-29-24-49(69)60-27-15-16-37-33-67(54-52(37)53(59)62-36-63-54)51-32-45(68)46(93-51)34-92-99(82,83)95-100(84,85)94-98(79,80)81/h7,9-10,17-18,20-23,30-31,33,36,42,45-46,49,51,60,68-69,72H,6,8,11-14,19,24-29,32,34-35H2,1-5H3,(H13-,59,61,62,63,64,70,71,73,74,75,76,77,78,79,80,81,82,83,84,85,86,87,88,89,90,91)/p+1/t42?,45-,46-,49?,51-/m1/s1.